The number of hydrogen-bond acceptors (Lipinski definition) is 4. The molecule has 0 aliphatic carbocycles. The largest absolute Gasteiger partial charge is 0.497 e. The molecule has 1 fully saturated rings. The number of carbonyl (C=O) groups is 1. The van der Waals surface area contributed by atoms with Crippen LogP contribution in [0, 0.1) is 0 Å². The van der Waals surface area contributed by atoms with Crippen LogP contribution in [0.4, 0.5) is 5.69 Å². The summed E-state index contributed by atoms with van der Waals surface area (Å²) < 4.78 is 10.3. The quantitative estimate of drug-likeness (QED) is 0.451. The van der Waals surface area contributed by atoms with Crippen molar-refractivity contribution < 1.29 is 14.3 Å². The van der Waals surface area contributed by atoms with Crippen molar-refractivity contribution >= 4 is 17.8 Å². The number of carbonyl (C=O) groups excluding carboxylic acids is 1. The van der Waals surface area contributed by atoms with Crippen molar-refractivity contribution in [3.63, 3.8) is 0 Å². The molecule has 1 aliphatic heterocycles. The van der Waals surface area contributed by atoms with Gasteiger partial charge < -0.3 is 14.4 Å². The highest BCUT2D eigenvalue weighted by Crippen LogP contribution is 2.23. The Balaban J connectivity index is 2.07. The second-order valence-electron chi connectivity index (χ2n) is 4.40. The highest BCUT2D eigenvalue weighted by Gasteiger charge is 2.46. The second-order valence-corrected chi connectivity index (χ2v) is 4.40. The van der Waals surface area contributed by atoms with Gasteiger partial charge in [0.25, 0.3) is 5.91 Å². The van der Waals surface area contributed by atoms with Gasteiger partial charge in [0.2, 0.25) is 0 Å². The number of ether oxygens (including phenoxy) is 2. The van der Waals surface area contributed by atoms with E-state index in [0.717, 1.165) is 11.4 Å². The number of amides is 1. The van der Waals surface area contributed by atoms with E-state index < -0.39 is 6.10 Å². The van der Waals surface area contributed by atoms with Crippen LogP contribution in [0.25, 0.3) is 0 Å². The summed E-state index contributed by atoms with van der Waals surface area (Å²) in [7, 11) is 3.15. The standard InChI is InChI=1S/C15H18N2O3/c1-4-9-17-13(14(20-3)15(17)18)10-16-11-5-7-12(19-2)8-6-11/h4-8,10,13-14H,1,9H2,2-3H3/t13-,14+/m0/s1. The normalized spacial score (nSPS) is 21.9. The Morgan fingerprint density at radius 1 is 1.35 bits per heavy atom. The lowest BCUT2D eigenvalue weighted by atomic mass is 9.99. The van der Waals surface area contributed by atoms with Crippen LogP contribution in [0.2, 0.25) is 0 Å². The first-order valence-corrected chi connectivity index (χ1v) is 6.33. The van der Waals surface area contributed by atoms with Crippen molar-refractivity contribution in [2.24, 2.45) is 4.99 Å². The molecular weight excluding hydrogens is 256 g/mol. The van der Waals surface area contributed by atoms with Gasteiger partial charge in [-0.25, -0.2) is 0 Å². The molecule has 1 aromatic carbocycles. The highest BCUT2D eigenvalue weighted by molar-refractivity contribution is 5.96. The lowest BCUT2D eigenvalue weighted by Crippen LogP contribution is -2.66. The third kappa shape index (κ3) is 2.72. The number of β-lactam (4-membered cyclic amide) rings is 1. The lowest BCUT2D eigenvalue weighted by molar-refractivity contribution is -0.162. The van der Waals surface area contributed by atoms with Gasteiger partial charge in [0.15, 0.2) is 6.10 Å². The van der Waals surface area contributed by atoms with Crippen molar-refractivity contribution in [1.29, 1.82) is 0 Å². The van der Waals surface area contributed by atoms with Crippen LogP contribution in [0.3, 0.4) is 0 Å². The van der Waals surface area contributed by atoms with E-state index in [-0.39, 0.29) is 11.9 Å². The van der Waals surface area contributed by atoms with Gasteiger partial charge in [0.1, 0.15) is 11.8 Å². The van der Waals surface area contributed by atoms with Crippen LogP contribution in [0.1, 0.15) is 0 Å². The summed E-state index contributed by atoms with van der Waals surface area (Å²) >= 11 is 0. The van der Waals surface area contributed by atoms with Crippen LogP contribution >= 0.6 is 0 Å². The molecule has 1 amide bonds. The van der Waals surface area contributed by atoms with E-state index in [1.165, 1.54) is 7.11 Å². The van der Waals surface area contributed by atoms with E-state index in [0.29, 0.717) is 6.54 Å². The Bertz CT molecular complexity index is 510. The lowest BCUT2D eigenvalue weighted by Gasteiger charge is -2.43. The molecule has 0 bridgehead atoms. The number of nitrogens with zero attached hydrogens (tertiary/aromatic N) is 2. The van der Waals surface area contributed by atoms with E-state index in [4.69, 9.17) is 9.47 Å². The Kier molecular flexibility index (Phi) is 4.53. The average molecular weight is 274 g/mol. The number of methoxy groups -OCH3 is 2. The maximum atomic E-state index is 11.8. The van der Waals surface area contributed by atoms with Gasteiger partial charge in [-0.2, -0.15) is 0 Å². The summed E-state index contributed by atoms with van der Waals surface area (Å²) in [6.07, 6.45) is 2.98. The molecule has 20 heavy (non-hydrogen) atoms. The summed E-state index contributed by atoms with van der Waals surface area (Å²) in [6, 6.07) is 7.25. The highest BCUT2D eigenvalue weighted by atomic mass is 16.5. The third-order valence-corrected chi connectivity index (χ3v) is 3.23. The van der Waals surface area contributed by atoms with Gasteiger partial charge in [0, 0.05) is 19.9 Å². The number of hydrogen-bond donors (Lipinski definition) is 0. The van der Waals surface area contributed by atoms with Crippen molar-refractivity contribution in [1.82, 2.24) is 4.90 Å². The molecule has 1 saturated heterocycles. The van der Waals surface area contributed by atoms with Crippen molar-refractivity contribution in [3.8, 4) is 5.75 Å². The molecule has 0 unspecified atom stereocenters. The van der Waals surface area contributed by atoms with Gasteiger partial charge in [-0.3, -0.25) is 9.79 Å². The fourth-order valence-corrected chi connectivity index (χ4v) is 2.12. The predicted octanol–water partition coefficient (Wildman–Crippen LogP) is 1.81. The Morgan fingerprint density at radius 2 is 2.05 bits per heavy atom. The van der Waals surface area contributed by atoms with Crippen molar-refractivity contribution in [2.45, 2.75) is 12.1 Å². The minimum absolute atomic E-state index is 0.0291. The smallest absolute Gasteiger partial charge is 0.255 e. The van der Waals surface area contributed by atoms with E-state index >= 15 is 0 Å². The van der Waals surface area contributed by atoms with Gasteiger partial charge in [-0.05, 0) is 24.3 Å². The van der Waals surface area contributed by atoms with Gasteiger partial charge in [0.05, 0.1) is 12.8 Å². The van der Waals surface area contributed by atoms with Crippen LogP contribution in [-0.4, -0.2) is 49.9 Å². The molecule has 2 rings (SSSR count). The molecule has 2 atom stereocenters. The minimum Gasteiger partial charge on any atom is -0.497 e. The molecule has 0 saturated carbocycles. The third-order valence-electron chi connectivity index (χ3n) is 3.23. The van der Waals surface area contributed by atoms with E-state index in [1.807, 2.05) is 24.3 Å². The molecule has 106 valence electrons. The topological polar surface area (TPSA) is 51.1 Å². The van der Waals surface area contributed by atoms with Gasteiger partial charge >= 0.3 is 0 Å². The molecule has 0 spiro atoms. The Labute approximate surface area is 118 Å². The van der Waals surface area contributed by atoms with Crippen molar-refractivity contribution in [3.05, 3.63) is 36.9 Å². The van der Waals surface area contributed by atoms with Crippen LogP contribution in [0.15, 0.2) is 41.9 Å². The Morgan fingerprint density at radius 3 is 2.60 bits per heavy atom. The fraction of sp³-hybridized carbons (Fsp3) is 0.333. The SMILES string of the molecule is C=CCN1C(=O)[C@H](OC)[C@@H]1C=Nc1ccc(OC)cc1. The first-order chi connectivity index (χ1) is 9.71. The summed E-state index contributed by atoms with van der Waals surface area (Å²) in [5, 5.41) is 0. The molecule has 0 radical (unpaired) electrons. The number of aliphatic imine (C=N–C) groups is 1. The van der Waals surface area contributed by atoms with E-state index in [1.54, 1.807) is 24.3 Å². The average Bonchev–Trinajstić information content (AvgIpc) is 2.49. The monoisotopic (exact) mass is 274 g/mol. The van der Waals surface area contributed by atoms with Crippen LogP contribution in [0.5, 0.6) is 5.75 Å². The zero-order valence-corrected chi connectivity index (χ0v) is 11.7. The number of rotatable bonds is 6. The molecule has 5 nitrogen and oxygen atoms in total. The summed E-state index contributed by atoms with van der Waals surface area (Å²) in [5.41, 5.74) is 0.804. The summed E-state index contributed by atoms with van der Waals surface area (Å²) in [4.78, 5) is 17.8. The number of benzene rings is 1. The fourth-order valence-electron chi connectivity index (χ4n) is 2.12. The molecule has 5 heteroatoms. The van der Waals surface area contributed by atoms with Crippen molar-refractivity contribution in [2.75, 3.05) is 20.8 Å². The molecule has 0 N–H and O–H groups in total. The molecule has 1 aromatic rings. The van der Waals surface area contributed by atoms with Crippen LogP contribution in [-0.2, 0) is 9.53 Å². The molecule has 1 aliphatic rings. The molecule has 1 heterocycles. The first-order valence-electron chi connectivity index (χ1n) is 6.33. The second kappa shape index (κ2) is 6.34. The first kappa shape index (κ1) is 14.3. The van der Waals surface area contributed by atoms with E-state index in [2.05, 4.69) is 11.6 Å². The van der Waals surface area contributed by atoms with Gasteiger partial charge in [-0.1, -0.05) is 6.08 Å². The minimum atomic E-state index is -0.447. The summed E-state index contributed by atoms with van der Waals surface area (Å²) in [6.45, 7) is 4.14. The maximum absolute atomic E-state index is 11.8. The zero-order valence-electron chi connectivity index (χ0n) is 11.7. The van der Waals surface area contributed by atoms with E-state index in [9.17, 15) is 4.79 Å². The molecular formula is C15H18N2O3. The summed E-state index contributed by atoms with van der Waals surface area (Å²) in [5.74, 6) is 0.754. The number of likely N-dealkylation sites (tertiary alicyclic amines) is 1. The van der Waals surface area contributed by atoms with Crippen LogP contribution < -0.4 is 4.74 Å². The van der Waals surface area contributed by atoms with Gasteiger partial charge in [-0.15, -0.1) is 6.58 Å². The zero-order chi connectivity index (χ0) is 14.5. The molecule has 0 aromatic heterocycles. The Hall–Kier alpha value is -2.14. The maximum Gasteiger partial charge on any atom is 0.255 e. The predicted molar refractivity (Wildman–Crippen MR) is 77.6 cm³/mol.